The average molecular weight is 477 g/mol. The Morgan fingerprint density at radius 2 is 1.68 bits per heavy atom. The topological polar surface area (TPSA) is 66.5 Å². The molecule has 5 nitrogen and oxygen atoms in total. The predicted octanol–water partition coefficient (Wildman–Crippen LogP) is 5.12. The number of carbonyl (C=O) groups is 1. The third-order valence-corrected chi connectivity index (χ3v) is 7.32. The highest BCUT2D eigenvalue weighted by molar-refractivity contribution is 7.92. The summed E-state index contributed by atoms with van der Waals surface area (Å²) in [5.74, 6) is -0.452. The molecule has 0 atom stereocenters. The van der Waals surface area contributed by atoms with Crippen molar-refractivity contribution in [2.45, 2.75) is 25.3 Å². The second-order valence-corrected chi connectivity index (χ2v) is 9.76. The van der Waals surface area contributed by atoms with Crippen molar-refractivity contribution in [3.63, 3.8) is 0 Å². The second kappa shape index (κ2) is 9.73. The van der Waals surface area contributed by atoms with Gasteiger partial charge in [-0.1, -0.05) is 59.6 Å². The maximum atomic E-state index is 13.4. The van der Waals surface area contributed by atoms with Gasteiger partial charge in [-0.25, -0.2) is 8.42 Å². The van der Waals surface area contributed by atoms with Crippen LogP contribution < -0.4 is 9.62 Å². The molecule has 0 fully saturated rings. The summed E-state index contributed by atoms with van der Waals surface area (Å²) in [6.45, 7) is 3.52. The number of sulfonamides is 1. The fraction of sp³-hybridized carbons (Fsp3) is 0.174. The van der Waals surface area contributed by atoms with Gasteiger partial charge in [-0.3, -0.25) is 9.10 Å². The van der Waals surface area contributed by atoms with Crippen LogP contribution in [0, 0.1) is 13.8 Å². The summed E-state index contributed by atoms with van der Waals surface area (Å²) >= 11 is 12.1. The Kier molecular flexibility index (Phi) is 7.26. The SMILES string of the molecule is Cc1cccc(N(CC(=O)NCc2ccc(Cl)cc2Cl)S(=O)(=O)c2ccccc2)c1C. The molecule has 0 heterocycles. The van der Waals surface area contributed by atoms with Crippen molar-refractivity contribution in [1.29, 1.82) is 0 Å². The Bertz CT molecular complexity index is 1200. The number of halogens is 2. The lowest BCUT2D eigenvalue weighted by atomic mass is 10.1. The third kappa shape index (κ3) is 5.39. The van der Waals surface area contributed by atoms with E-state index in [9.17, 15) is 13.2 Å². The molecule has 0 unspecified atom stereocenters. The lowest BCUT2D eigenvalue weighted by Crippen LogP contribution is -2.41. The lowest BCUT2D eigenvalue weighted by Gasteiger charge is -2.26. The third-order valence-electron chi connectivity index (χ3n) is 4.95. The highest BCUT2D eigenvalue weighted by atomic mass is 35.5. The van der Waals surface area contributed by atoms with E-state index in [1.165, 1.54) is 12.1 Å². The number of nitrogens with zero attached hydrogens (tertiary/aromatic N) is 1. The number of rotatable bonds is 7. The molecule has 3 aromatic carbocycles. The van der Waals surface area contributed by atoms with Crippen LogP contribution in [0.25, 0.3) is 0 Å². The van der Waals surface area contributed by atoms with Crippen molar-refractivity contribution in [3.8, 4) is 0 Å². The fourth-order valence-corrected chi connectivity index (χ4v) is 5.05. The van der Waals surface area contributed by atoms with Gasteiger partial charge in [0.25, 0.3) is 10.0 Å². The van der Waals surface area contributed by atoms with E-state index >= 15 is 0 Å². The van der Waals surface area contributed by atoms with Crippen molar-refractivity contribution < 1.29 is 13.2 Å². The van der Waals surface area contributed by atoms with Crippen LogP contribution in [0.4, 0.5) is 5.69 Å². The average Bonchev–Trinajstić information content (AvgIpc) is 2.74. The summed E-state index contributed by atoms with van der Waals surface area (Å²) < 4.78 is 28.0. The highest BCUT2D eigenvalue weighted by Gasteiger charge is 2.28. The van der Waals surface area contributed by atoms with Crippen LogP contribution >= 0.6 is 23.2 Å². The monoisotopic (exact) mass is 476 g/mol. The lowest BCUT2D eigenvalue weighted by molar-refractivity contribution is -0.119. The molecule has 0 saturated heterocycles. The number of benzene rings is 3. The predicted molar refractivity (Wildman–Crippen MR) is 125 cm³/mol. The number of carbonyl (C=O) groups excluding carboxylic acids is 1. The van der Waals surface area contributed by atoms with E-state index in [0.29, 0.717) is 21.3 Å². The molecule has 31 heavy (non-hydrogen) atoms. The van der Waals surface area contributed by atoms with Crippen LogP contribution in [0.15, 0.2) is 71.6 Å². The van der Waals surface area contributed by atoms with Crippen LogP contribution in [0.1, 0.15) is 16.7 Å². The minimum absolute atomic E-state index is 0.115. The summed E-state index contributed by atoms with van der Waals surface area (Å²) in [4.78, 5) is 12.9. The van der Waals surface area contributed by atoms with Gasteiger partial charge >= 0.3 is 0 Å². The fourth-order valence-electron chi connectivity index (χ4n) is 3.07. The summed E-state index contributed by atoms with van der Waals surface area (Å²) in [5.41, 5.74) is 2.86. The van der Waals surface area contributed by atoms with Crippen LogP contribution in [-0.2, 0) is 21.4 Å². The molecular weight excluding hydrogens is 455 g/mol. The highest BCUT2D eigenvalue weighted by Crippen LogP contribution is 2.28. The van der Waals surface area contributed by atoms with E-state index in [2.05, 4.69) is 5.32 Å². The molecule has 1 N–H and O–H groups in total. The van der Waals surface area contributed by atoms with E-state index in [1.807, 2.05) is 19.9 Å². The van der Waals surface area contributed by atoms with E-state index in [4.69, 9.17) is 23.2 Å². The molecule has 8 heteroatoms. The van der Waals surface area contributed by atoms with Crippen molar-refractivity contribution in [3.05, 3.63) is 93.5 Å². The molecule has 0 saturated carbocycles. The summed E-state index contributed by atoms with van der Waals surface area (Å²) in [5, 5.41) is 3.67. The van der Waals surface area contributed by atoms with E-state index in [-0.39, 0.29) is 18.0 Å². The smallest absolute Gasteiger partial charge is 0.264 e. The van der Waals surface area contributed by atoms with Gasteiger partial charge in [-0.15, -0.1) is 0 Å². The Morgan fingerprint density at radius 3 is 2.35 bits per heavy atom. The maximum absolute atomic E-state index is 13.4. The first-order valence-corrected chi connectivity index (χ1v) is 11.7. The zero-order valence-electron chi connectivity index (χ0n) is 17.1. The quantitative estimate of drug-likeness (QED) is 0.514. The molecule has 162 valence electrons. The van der Waals surface area contributed by atoms with Crippen molar-refractivity contribution in [2.75, 3.05) is 10.8 Å². The molecule has 0 spiro atoms. The van der Waals surface area contributed by atoms with Crippen molar-refractivity contribution >= 4 is 44.8 Å². The molecule has 3 aromatic rings. The Labute approximate surface area is 192 Å². The van der Waals surface area contributed by atoms with Gasteiger partial charge < -0.3 is 5.32 Å². The second-order valence-electron chi connectivity index (χ2n) is 7.06. The van der Waals surface area contributed by atoms with Gasteiger partial charge in [0.05, 0.1) is 10.6 Å². The minimum atomic E-state index is -3.96. The van der Waals surface area contributed by atoms with Gasteiger partial charge in [0.2, 0.25) is 5.91 Å². The standard InChI is InChI=1S/C23H22Cl2N2O3S/c1-16-7-6-10-22(17(16)2)27(31(29,30)20-8-4-3-5-9-20)15-23(28)26-14-18-11-12-19(24)13-21(18)25/h3-13H,14-15H2,1-2H3,(H,26,28). The van der Waals surface area contributed by atoms with Crippen LogP contribution in [0.5, 0.6) is 0 Å². The Hall–Kier alpha value is -2.54. The summed E-state index contributed by atoms with van der Waals surface area (Å²) in [6, 6.07) is 18.4. The molecule has 1 amide bonds. The summed E-state index contributed by atoms with van der Waals surface area (Å²) in [7, 11) is -3.96. The number of aryl methyl sites for hydroxylation is 1. The molecule has 0 aliphatic heterocycles. The number of anilines is 1. The van der Waals surface area contributed by atoms with Crippen molar-refractivity contribution in [1.82, 2.24) is 5.32 Å². The van der Waals surface area contributed by atoms with E-state index < -0.39 is 15.9 Å². The molecule has 0 bridgehead atoms. The maximum Gasteiger partial charge on any atom is 0.264 e. The molecule has 0 radical (unpaired) electrons. The van der Waals surface area contributed by atoms with E-state index in [1.54, 1.807) is 48.5 Å². The van der Waals surface area contributed by atoms with E-state index in [0.717, 1.165) is 15.4 Å². The Balaban J connectivity index is 1.90. The molecule has 0 aromatic heterocycles. The number of nitrogens with one attached hydrogen (secondary N) is 1. The number of amides is 1. The first-order chi connectivity index (χ1) is 14.7. The molecule has 0 aliphatic rings. The minimum Gasteiger partial charge on any atom is -0.350 e. The molecule has 0 aliphatic carbocycles. The first kappa shape index (κ1) is 23.1. The normalized spacial score (nSPS) is 11.2. The largest absolute Gasteiger partial charge is 0.350 e. The molecular formula is C23H22Cl2N2O3S. The summed E-state index contributed by atoms with van der Waals surface area (Å²) in [6.07, 6.45) is 0. The van der Waals surface area contributed by atoms with Gasteiger partial charge in [-0.2, -0.15) is 0 Å². The van der Waals surface area contributed by atoms with Gasteiger partial charge in [-0.05, 0) is 60.9 Å². The zero-order chi connectivity index (χ0) is 22.6. The molecule has 3 rings (SSSR count). The van der Waals surface area contributed by atoms with Gasteiger partial charge in [0, 0.05) is 16.6 Å². The van der Waals surface area contributed by atoms with Gasteiger partial charge in [0.15, 0.2) is 0 Å². The Morgan fingerprint density at radius 1 is 0.968 bits per heavy atom. The van der Waals surface area contributed by atoms with Crippen LogP contribution in [0.3, 0.4) is 0 Å². The first-order valence-electron chi connectivity index (χ1n) is 9.55. The number of hydrogen-bond donors (Lipinski definition) is 1. The van der Waals surface area contributed by atoms with Crippen molar-refractivity contribution in [2.24, 2.45) is 0 Å². The van der Waals surface area contributed by atoms with Gasteiger partial charge in [0.1, 0.15) is 6.54 Å². The number of hydrogen-bond acceptors (Lipinski definition) is 3. The van der Waals surface area contributed by atoms with Crippen LogP contribution in [0.2, 0.25) is 10.0 Å². The van der Waals surface area contributed by atoms with Crippen LogP contribution in [-0.4, -0.2) is 20.9 Å². The zero-order valence-corrected chi connectivity index (χ0v) is 19.4.